The molecule has 0 saturated carbocycles. The summed E-state index contributed by atoms with van der Waals surface area (Å²) in [5.74, 6) is -0.488. The summed E-state index contributed by atoms with van der Waals surface area (Å²) >= 11 is 8.58. The highest BCUT2D eigenvalue weighted by atomic mass is 79.9. The summed E-state index contributed by atoms with van der Waals surface area (Å²) in [4.78, 5) is 22.8. The molecule has 0 unspecified atom stereocenters. The van der Waals surface area contributed by atoms with Gasteiger partial charge in [-0.25, -0.2) is 4.79 Å². The zero-order valence-corrected chi connectivity index (χ0v) is 12.1. The molecular weight excluding hydrogens is 307 g/mol. The Morgan fingerprint density at radius 2 is 1.71 bits per heavy atom. The van der Waals surface area contributed by atoms with Gasteiger partial charge in [0.1, 0.15) is 5.60 Å². The van der Waals surface area contributed by atoms with E-state index in [1.54, 1.807) is 32.9 Å². The Morgan fingerprint density at radius 1 is 1.18 bits per heavy atom. The molecule has 0 aliphatic heterocycles. The van der Waals surface area contributed by atoms with Crippen molar-refractivity contribution in [3.05, 3.63) is 33.8 Å². The van der Waals surface area contributed by atoms with Gasteiger partial charge in [0.25, 0.3) is 5.24 Å². The molecule has 0 radical (unpaired) electrons. The first-order chi connectivity index (χ1) is 7.69. The van der Waals surface area contributed by atoms with Crippen LogP contribution in [0.4, 0.5) is 0 Å². The summed E-state index contributed by atoms with van der Waals surface area (Å²) in [6, 6.07) is 4.54. The Balaban J connectivity index is 3.06. The average Bonchev–Trinajstić information content (AvgIpc) is 2.13. The highest BCUT2D eigenvalue weighted by molar-refractivity contribution is 9.10. The summed E-state index contributed by atoms with van der Waals surface area (Å²) in [6.07, 6.45) is 0. The van der Waals surface area contributed by atoms with Gasteiger partial charge >= 0.3 is 5.97 Å². The number of rotatable bonds is 2. The van der Waals surface area contributed by atoms with Crippen molar-refractivity contribution in [3.8, 4) is 0 Å². The van der Waals surface area contributed by atoms with E-state index in [0.717, 1.165) is 0 Å². The molecule has 0 N–H and O–H groups in total. The van der Waals surface area contributed by atoms with E-state index in [2.05, 4.69) is 15.9 Å². The molecule has 17 heavy (non-hydrogen) atoms. The van der Waals surface area contributed by atoms with Crippen LogP contribution in [0.5, 0.6) is 0 Å². The van der Waals surface area contributed by atoms with E-state index in [9.17, 15) is 9.59 Å². The van der Waals surface area contributed by atoms with Crippen LogP contribution in [0.2, 0.25) is 0 Å². The largest absolute Gasteiger partial charge is 0.456 e. The number of carbonyl (C=O) groups excluding carboxylic acids is 2. The molecule has 1 aromatic carbocycles. The fourth-order valence-corrected chi connectivity index (χ4v) is 1.76. The van der Waals surface area contributed by atoms with Crippen LogP contribution in [0.25, 0.3) is 0 Å². The maximum atomic E-state index is 11.8. The molecule has 0 bridgehead atoms. The van der Waals surface area contributed by atoms with Gasteiger partial charge in [-0.3, -0.25) is 4.79 Å². The Morgan fingerprint density at radius 3 is 2.18 bits per heavy atom. The van der Waals surface area contributed by atoms with Crippen LogP contribution in [-0.2, 0) is 4.74 Å². The van der Waals surface area contributed by atoms with Gasteiger partial charge < -0.3 is 4.74 Å². The molecule has 0 fully saturated rings. The van der Waals surface area contributed by atoms with Crippen molar-refractivity contribution in [2.75, 3.05) is 0 Å². The van der Waals surface area contributed by atoms with Gasteiger partial charge in [0.15, 0.2) is 0 Å². The normalized spacial score (nSPS) is 11.1. The minimum atomic E-state index is -0.615. The van der Waals surface area contributed by atoms with Crippen molar-refractivity contribution < 1.29 is 14.3 Å². The second-order valence-corrected chi connectivity index (χ2v) is 5.76. The predicted molar refractivity (Wildman–Crippen MR) is 69.5 cm³/mol. The van der Waals surface area contributed by atoms with Gasteiger partial charge in [-0.1, -0.05) is 15.9 Å². The Hall–Kier alpha value is -0.870. The van der Waals surface area contributed by atoms with Crippen LogP contribution < -0.4 is 0 Å². The number of esters is 1. The second-order valence-electron chi connectivity index (χ2n) is 4.50. The third-order valence-electron chi connectivity index (χ3n) is 1.76. The lowest BCUT2D eigenvalue weighted by Crippen LogP contribution is -2.24. The van der Waals surface area contributed by atoms with E-state index >= 15 is 0 Å². The van der Waals surface area contributed by atoms with Crippen molar-refractivity contribution in [2.45, 2.75) is 26.4 Å². The summed E-state index contributed by atoms with van der Waals surface area (Å²) < 4.78 is 5.80. The van der Waals surface area contributed by atoms with E-state index in [1.165, 1.54) is 6.07 Å². The first kappa shape index (κ1) is 14.2. The minimum Gasteiger partial charge on any atom is -0.456 e. The fraction of sp³-hybridized carbons (Fsp3) is 0.333. The number of hydrogen-bond donors (Lipinski definition) is 0. The topological polar surface area (TPSA) is 43.4 Å². The molecule has 5 heteroatoms. The third kappa shape index (κ3) is 4.48. The van der Waals surface area contributed by atoms with Crippen molar-refractivity contribution in [2.24, 2.45) is 0 Å². The Bertz CT molecular complexity index is 463. The lowest BCUT2D eigenvalue weighted by Gasteiger charge is -2.19. The van der Waals surface area contributed by atoms with Gasteiger partial charge in [0.2, 0.25) is 0 Å². The summed E-state index contributed by atoms with van der Waals surface area (Å²) in [5.41, 5.74) is -0.0370. The maximum absolute atomic E-state index is 11.8. The van der Waals surface area contributed by atoms with E-state index < -0.39 is 16.8 Å². The fourth-order valence-electron chi connectivity index (χ4n) is 1.16. The Kier molecular flexibility index (Phi) is 4.33. The summed E-state index contributed by atoms with van der Waals surface area (Å²) in [6.45, 7) is 5.32. The summed E-state index contributed by atoms with van der Waals surface area (Å²) in [5, 5.41) is -0.615. The van der Waals surface area contributed by atoms with Crippen molar-refractivity contribution in [1.82, 2.24) is 0 Å². The Labute approximate surface area is 113 Å². The zero-order chi connectivity index (χ0) is 13.2. The molecule has 0 aromatic heterocycles. The predicted octanol–water partition coefficient (Wildman–Crippen LogP) is 3.78. The minimum absolute atomic E-state index is 0.252. The molecule has 0 atom stereocenters. The van der Waals surface area contributed by atoms with Gasteiger partial charge in [-0.2, -0.15) is 0 Å². The molecule has 0 aliphatic rings. The van der Waals surface area contributed by atoms with Crippen LogP contribution >= 0.6 is 27.5 Å². The molecule has 0 aliphatic carbocycles. The number of hydrogen-bond acceptors (Lipinski definition) is 3. The quantitative estimate of drug-likeness (QED) is 0.615. The van der Waals surface area contributed by atoms with Gasteiger partial charge in [-0.15, -0.1) is 0 Å². The SMILES string of the molecule is CC(C)(C)OC(=O)c1cc(Br)cc(C(=O)Cl)c1. The zero-order valence-electron chi connectivity index (χ0n) is 9.71. The van der Waals surface area contributed by atoms with E-state index in [-0.39, 0.29) is 5.56 Å². The van der Waals surface area contributed by atoms with E-state index in [4.69, 9.17) is 16.3 Å². The van der Waals surface area contributed by atoms with Gasteiger partial charge in [-0.05, 0) is 50.6 Å². The molecule has 1 rings (SSSR count). The molecule has 3 nitrogen and oxygen atoms in total. The van der Waals surface area contributed by atoms with Crippen LogP contribution in [-0.4, -0.2) is 16.8 Å². The molecule has 0 saturated heterocycles. The summed E-state index contributed by atoms with van der Waals surface area (Å²) in [7, 11) is 0. The maximum Gasteiger partial charge on any atom is 0.338 e. The lowest BCUT2D eigenvalue weighted by molar-refractivity contribution is 0.00694. The smallest absolute Gasteiger partial charge is 0.338 e. The van der Waals surface area contributed by atoms with Crippen molar-refractivity contribution in [3.63, 3.8) is 0 Å². The molecule has 0 heterocycles. The molecule has 0 amide bonds. The monoisotopic (exact) mass is 318 g/mol. The third-order valence-corrected chi connectivity index (χ3v) is 2.44. The lowest BCUT2D eigenvalue weighted by atomic mass is 10.1. The van der Waals surface area contributed by atoms with Crippen LogP contribution in [0.15, 0.2) is 22.7 Å². The van der Waals surface area contributed by atoms with E-state index in [0.29, 0.717) is 10.0 Å². The van der Waals surface area contributed by atoms with Gasteiger partial charge in [0.05, 0.1) is 5.56 Å². The first-order valence-electron chi connectivity index (χ1n) is 4.93. The molecular formula is C12H12BrClO3. The molecule has 92 valence electrons. The highest BCUT2D eigenvalue weighted by Crippen LogP contribution is 2.20. The molecule has 0 spiro atoms. The number of halogens is 2. The van der Waals surface area contributed by atoms with Crippen molar-refractivity contribution in [1.29, 1.82) is 0 Å². The first-order valence-corrected chi connectivity index (χ1v) is 6.10. The standard InChI is InChI=1S/C12H12BrClO3/c1-12(2,3)17-11(16)8-4-7(10(14)15)5-9(13)6-8/h4-6H,1-3H3. The van der Waals surface area contributed by atoms with Crippen LogP contribution in [0.3, 0.4) is 0 Å². The number of benzene rings is 1. The van der Waals surface area contributed by atoms with Crippen molar-refractivity contribution >= 4 is 38.7 Å². The van der Waals surface area contributed by atoms with Gasteiger partial charge in [0, 0.05) is 10.0 Å². The van der Waals surface area contributed by atoms with Crippen LogP contribution in [0, 0.1) is 0 Å². The van der Waals surface area contributed by atoms with E-state index in [1.807, 2.05) is 0 Å². The van der Waals surface area contributed by atoms with Crippen LogP contribution in [0.1, 0.15) is 41.5 Å². The highest BCUT2D eigenvalue weighted by Gasteiger charge is 2.19. The second kappa shape index (κ2) is 5.19. The average molecular weight is 320 g/mol. The number of carbonyl (C=O) groups is 2. The molecule has 1 aromatic rings. The number of ether oxygens (including phenoxy) is 1.